The minimum Gasteiger partial charge on any atom is -0.326 e. The second-order valence-corrected chi connectivity index (χ2v) is 4.07. The van der Waals surface area contributed by atoms with E-state index in [1.165, 1.54) is 24.3 Å². The molecule has 0 spiro atoms. The first-order valence-electron chi connectivity index (χ1n) is 5.91. The zero-order valence-electron chi connectivity index (χ0n) is 10.6. The summed E-state index contributed by atoms with van der Waals surface area (Å²) in [4.78, 5) is 14.2. The van der Waals surface area contributed by atoms with Crippen molar-refractivity contribution in [2.45, 2.75) is 19.4 Å². The summed E-state index contributed by atoms with van der Waals surface area (Å²) in [6, 6.07) is 5.61. The van der Waals surface area contributed by atoms with Gasteiger partial charge in [-0.1, -0.05) is 5.11 Å². The highest BCUT2D eigenvalue weighted by atomic mass is 19.1. The third kappa shape index (κ3) is 6.40. The number of nitrogens with one attached hydrogen (secondary N) is 2. The van der Waals surface area contributed by atoms with E-state index >= 15 is 0 Å². The van der Waals surface area contributed by atoms with Gasteiger partial charge in [0.05, 0.1) is 0 Å². The van der Waals surface area contributed by atoms with Crippen molar-refractivity contribution in [3.63, 3.8) is 0 Å². The van der Waals surface area contributed by atoms with Crippen LogP contribution in [-0.2, 0) is 4.79 Å². The number of anilines is 1. The normalized spacial score (nSPS) is 11.5. The van der Waals surface area contributed by atoms with Crippen LogP contribution < -0.4 is 10.6 Å². The third-order valence-corrected chi connectivity index (χ3v) is 2.39. The van der Waals surface area contributed by atoms with Crippen LogP contribution in [0.25, 0.3) is 10.4 Å². The lowest BCUT2D eigenvalue weighted by atomic mass is 10.3. The van der Waals surface area contributed by atoms with Gasteiger partial charge in [0, 0.05) is 36.2 Å². The van der Waals surface area contributed by atoms with E-state index in [4.69, 9.17) is 5.53 Å². The van der Waals surface area contributed by atoms with Crippen molar-refractivity contribution in [1.82, 2.24) is 5.32 Å². The molecule has 0 aliphatic carbocycles. The van der Waals surface area contributed by atoms with Gasteiger partial charge in [0.25, 0.3) is 0 Å². The molecule has 0 aromatic heterocycles. The Labute approximate surface area is 110 Å². The van der Waals surface area contributed by atoms with Gasteiger partial charge < -0.3 is 10.6 Å². The van der Waals surface area contributed by atoms with Gasteiger partial charge in [-0.3, -0.25) is 4.79 Å². The maximum atomic E-state index is 12.7. The van der Waals surface area contributed by atoms with Crippen molar-refractivity contribution in [1.29, 1.82) is 0 Å². The molecule has 1 aromatic carbocycles. The molecule has 19 heavy (non-hydrogen) atoms. The van der Waals surface area contributed by atoms with Crippen molar-refractivity contribution in [2.75, 3.05) is 18.4 Å². The highest BCUT2D eigenvalue weighted by molar-refractivity contribution is 5.90. The van der Waals surface area contributed by atoms with E-state index in [1.54, 1.807) is 0 Å². The molecule has 0 fully saturated rings. The number of hydrogen-bond acceptors (Lipinski definition) is 3. The molecule has 0 unspecified atom stereocenters. The lowest BCUT2D eigenvalue weighted by Crippen LogP contribution is -2.31. The molecule has 1 amide bonds. The smallest absolute Gasteiger partial charge is 0.225 e. The minimum atomic E-state index is -0.341. The van der Waals surface area contributed by atoms with E-state index in [2.05, 4.69) is 20.7 Å². The van der Waals surface area contributed by atoms with E-state index in [9.17, 15) is 9.18 Å². The molecule has 1 aromatic rings. The first kappa shape index (κ1) is 14.9. The van der Waals surface area contributed by atoms with Crippen molar-refractivity contribution < 1.29 is 9.18 Å². The molecular weight excluding hydrogens is 249 g/mol. The maximum absolute atomic E-state index is 12.7. The quantitative estimate of drug-likeness (QED) is 0.450. The van der Waals surface area contributed by atoms with E-state index in [-0.39, 0.29) is 24.2 Å². The van der Waals surface area contributed by atoms with Crippen LogP contribution in [0.1, 0.15) is 13.3 Å². The standard InChI is InChI=1S/C12H16FN5O/c1-9(8-16-18-14)15-7-6-12(19)17-11-4-2-10(13)3-5-11/h2-5,9,15H,6-8H2,1H3,(H,17,19)/t9-/m0/s1. The minimum absolute atomic E-state index is 0.0227. The Hall–Kier alpha value is -2.11. The number of carbonyl (C=O) groups is 1. The average Bonchev–Trinajstić information content (AvgIpc) is 2.39. The van der Waals surface area contributed by atoms with E-state index in [1.807, 2.05) is 6.92 Å². The highest BCUT2D eigenvalue weighted by Crippen LogP contribution is 2.08. The van der Waals surface area contributed by atoms with Crippen molar-refractivity contribution in [3.05, 3.63) is 40.5 Å². The Morgan fingerprint density at radius 2 is 2.16 bits per heavy atom. The van der Waals surface area contributed by atoms with Crippen LogP contribution in [0.5, 0.6) is 0 Å². The monoisotopic (exact) mass is 265 g/mol. The van der Waals surface area contributed by atoms with Gasteiger partial charge >= 0.3 is 0 Å². The van der Waals surface area contributed by atoms with Gasteiger partial charge in [0.15, 0.2) is 0 Å². The Morgan fingerprint density at radius 1 is 1.47 bits per heavy atom. The number of benzene rings is 1. The average molecular weight is 265 g/mol. The fraction of sp³-hybridized carbons (Fsp3) is 0.417. The van der Waals surface area contributed by atoms with Crippen LogP contribution in [0.2, 0.25) is 0 Å². The molecule has 0 saturated heterocycles. The molecule has 1 rings (SSSR count). The van der Waals surface area contributed by atoms with Crippen molar-refractivity contribution in [3.8, 4) is 0 Å². The van der Waals surface area contributed by atoms with E-state index < -0.39 is 0 Å². The Kier molecular flexibility index (Phi) is 6.35. The molecule has 0 radical (unpaired) electrons. The molecule has 6 nitrogen and oxygen atoms in total. The molecule has 0 heterocycles. The van der Waals surface area contributed by atoms with Crippen LogP contribution in [0.3, 0.4) is 0 Å². The molecule has 2 N–H and O–H groups in total. The van der Waals surface area contributed by atoms with Gasteiger partial charge in [0.1, 0.15) is 5.82 Å². The summed E-state index contributed by atoms with van der Waals surface area (Å²) in [6.07, 6.45) is 0.290. The van der Waals surface area contributed by atoms with Crippen LogP contribution in [-0.4, -0.2) is 25.0 Å². The van der Waals surface area contributed by atoms with E-state index in [0.717, 1.165) is 0 Å². The number of carbonyl (C=O) groups excluding carboxylic acids is 1. The molecule has 0 saturated carbocycles. The van der Waals surface area contributed by atoms with Gasteiger partial charge in [-0.15, -0.1) is 0 Å². The zero-order chi connectivity index (χ0) is 14.1. The van der Waals surface area contributed by atoms with Gasteiger partial charge in [-0.05, 0) is 36.7 Å². The molecule has 1 atom stereocenters. The fourth-order valence-corrected chi connectivity index (χ4v) is 1.41. The number of rotatable bonds is 7. The number of amides is 1. The van der Waals surface area contributed by atoms with Gasteiger partial charge in [0.2, 0.25) is 5.91 Å². The topological polar surface area (TPSA) is 89.9 Å². The summed E-state index contributed by atoms with van der Waals surface area (Å²) in [5.41, 5.74) is 8.72. The van der Waals surface area contributed by atoms with Crippen LogP contribution in [0.4, 0.5) is 10.1 Å². The number of nitrogens with zero attached hydrogens (tertiary/aromatic N) is 3. The van der Waals surface area contributed by atoms with Gasteiger partial charge in [-0.25, -0.2) is 4.39 Å². The third-order valence-electron chi connectivity index (χ3n) is 2.39. The highest BCUT2D eigenvalue weighted by Gasteiger charge is 2.04. The van der Waals surface area contributed by atoms with Crippen LogP contribution in [0.15, 0.2) is 29.4 Å². The molecule has 0 aliphatic heterocycles. The Bertz CT molecular complexity index is 456. The van der Waals surface area contributed by atoms with Crippen LogP contribution in [0, 0.1) is 5.82 Å². The SMILES string of the molecule is C[C@@H](CN=[N+]=[N-])NCCC(=O)Nc1ccc(F)cc1. The number of azide groups is 1. The predicted octanol–water partition coefficient (Wildman–Crippen LogP) is 2.44. The zero-order valence-corrected chi connectivity index (χ0v) is 10.6. The van der Waals surface area contributed by atoms with Gasteiger partial charge in [-0.2, -0.15) is 0 Å². The number of hydrogen-bond donors (Lipinski definition) is 2. The second kappa shape index (κ2) is 8.07. The largest absolute Gasteiger partial charge is 0.326 e. The van der Waals surface area contributed by atoms with Crippen molar-refractivity contribution >= 4 is 11.6 Å². The molecular formula is C12H16FN5O. The molecule has 102 valence electrons. The summed E-state index contributed by atoms with van der Waals surface area (Å²) in [7, 11) is 0. The summed E-state index contributed by atoms with van der Waals surface area (Å²) < 4.78 is 12.7. The van der Waals surface area contributed by atoms with Crippen molar-refractivity contribution in [2.24, 2.45) is 5.11 Å². The fourth-order valence-electron chi connectivity index (χ4n) is 1.41. The Balaban J connectivity index is 2.24. The molecule has 0 aliphatic rings. The number of halogens is 1. The first-order valence-corrected chi connectivity index (χ1v) is 5.91. The molecule has 7 heteroatoms. The lowest BCUT2D eigenvalue weighted by Gasteiger charge is -2.10. The lowest BCUT2D eigenvalue weighted by molar-refractivity contribution is -0.116. The predicted molar refractivity (Wildman–Crippen MR) is 71.1 cm³/mol. The maximum Gasteiger partial charge on any atom is 0.225 e. The molecule has 0 bridgehead atoms. The summed E-state index contributed by atoms with van der Waals surface area (Å²) in [5, 5.41) is 9.14. The summed E-state index contributed by atoms with van der Waals surface area (Å²) in [6.45, 7) is 2.69. The van der Waals surface area contributed by atoms with Crippen LogP contribution >= 0.6 is 0 Å². The second-order valence-electron chi connectivity index (χ2n) is 4.07. The summed E-state index contributed by atoms with van der Waals surface area (Å²) >= 11 is 0. The van der Waals surface area contributed by atoms with E-state index in [0.29, 0.717) is 18.8 Å². The summed E-state index contributed by atoms with van der Waals surface area (Å²) in [5.74, 6) is -0.498. The first-order chi connectivity index (χ1) is 9.11. The Morgan fingerprint density at radius 3 is 2.79 bits per heavy atom.